The minimum atomic E-state index is 0.447. The second kappa shape index (κ2) is 8.44. The molecule has 1 fully saturated rings. The van der Waals surface area contributed by atoms with Gasteiger partial charge in [-0.2, -0.15) is 5.10 Å². The summed E-state index contributed by atoms with van der Waals surface area (Å²) < 4.78 is 7.46. The molecule has 3 aromatic rings. The number of benzene rings is 1. The average molecular weight is 377 g/mol. The van der Waals surface area contributed by atoms with Gasteiger partial charge in [-0.15, -0.1) is 0 Å². The standard InChI is InChI=1S/C22H27N5O/c1-26-16-21(14-25-26)27-11-3-4-20(15-27)24-13-19-12-18(5-6-22(19)28-2)17-7-9-23-10-8-17/h5-10,12,14,16,20,24H,3-4,11,13,15H2,1-2H3. The van der Waals surface area contributed by atoms with E-state index in [-0.39, 0.29) is 0 Å². The Morgan fingerprint density at radius 3 is 2.79 bits per heavy atom. The summed E-state index contributed by atoms with van der Waals surface area (Å²) in [7, 11) is 3.70. The first-order chi connectivity index (χ1) is 13.7. The molecule has 3 heterocycles. The number of aryl methyl sites for hydroxylation is 1. The fourth-order valence-corrected chi connectivity index (χ4v) is 3.84. The van der Waals surface area contributed by atoms with E-state index in [4.69, 9.17) is 4.74 Å². The van der Waals surface area contributed by atoms with Crippen molar-refractivity contribution in [2.45, 2.75) is 25.4 Å². The zero-order chi connectivity index (χ0) is 19.3. The van der Waals surface area contributed by atoms with Crippen molar-refractivity contribution in [1.29, 1.82) is 0 Å². The van der Waals surface area contributed by atoms with Crippen molar-refractivity contribution in [3.8, 4) is 16.9 Å². The van der Waals surface area contributed by atoms with Crippen molar-refractivity contribution in [3.05, 3.63) is 60.7 Å². The monoisotopic (exact) mass is 377 g/mol. The second-order valence-electron chi connectivity index (χ2n) is 7.30. The van der Waals surface area contributed by atoms with E-state index >= 15 is 0 Å². The lowest BCUT2D eigenvalue weighted by molar-refractivity contribution is 0.395. The lowest BCUT2D eigenvalue weighted by Crippen LogP contribution is -2.45. The predicted molar refractivity (Wildman–Crippen MR) is 112 cm³/mol. The topological polar surface area (TPSA) is 55.2 Å². The van der Waals surface area contributed by atoms with E-state index in [1.54, 1.807) is 7.11 Å². The zero-order valence-corrected chi connectivity index (χ0v) is 16.5. The Labute approximate surface area is 166 Å². The first kappa shape index (κ1) is 18.5. The summed E-state index contributed by atoms with van der Waals surface area (Å²) in [5, 5.41) is 8.04. The third-order valence-corrected chi connectivity index (χ3v) is 5.35. The third kappa shape index (κ3) is 4.17. The van der Waals surface area contributed by atoms with Gasteiger partial charge in [0.15, 0.2) is 0 Å². The Hall–Kier alpha value is -2.86. The van der Waals surface area contributed by atoms with Gasteiger partial charge in [0.2, 0.25) is 0 Å². The highest BCUT2D eigenvalue weighted by atomic mass is 16.5. The first-order valence-corrected chi connectivity index (χ1v) is 9.77. The summed E-state index contributed by atoms with van der Waals surface area (Å²) in [5.74, 6) is 0.922. The van der Waals surface area contributed by atoms with Gasteiger partial charge in [-0.3, -0.25) is 9.67 Å². The Bertz CT molecular complexity index is 908. The molecule has 0 aliphatic carbocycles. The molecule has 2 aromatic heterocycles. The third-order valence-electron chi connectivity index (χ3n) is 5.35. The minimum Gasteiger partial charge on any atom is -0.496 e. The number of methoxy groups -OCH3 is 1. The Morgan fingerprint density at radius 2 is 2.04 bits per heavy atom. The summed E-state index contributed by atoms with van der Waals surface area (Å²) in [6.45, 7) is 2.87. The SMILES string of the molecule is COc1ccc(-c2ccncc2)cc1CNC1CCCN(c2cnn(C)c2)C1. The number of nitrogens with zero attached hydrogens (tertiary/aromatic N) is 4. The van der Waals surface area contributed by atoms with Crippen molar-refractivity contribution in [2.24, 2.45) is 7.05 Å². The van der Waals surface area contributed by atoms with Crippen LogP contribution in [0.1, 0.15) is 18.4 Å². The molecule has 1 atom stereocenters. The second-order valence-corrected chi connectivity index (χ2v) is 7.30. The molecule has 6 nitrogen and oxygen atoms in total. The average Bonchev–Trinajstić information content (AvgIpc) is 3.19. The maximum Gasteiger partial charge on any atom is 0.123 e. The lowest BCUT2D eigenvalue weighted by Gasteiger charge is -2.34. The number of rotatable bonds is 6. The molecule has 0 spiro atoms. The highest BCUT2D eigenvalue weighted by molar-refractivity contribution is 5.65. The van der Waals surface area contributed by atoms with Gasteiger partial charge in [0.25, 0.3) is 0 Å². The minimum absolute atomic E-state index is 0.447. The van der Waals surface area contributed by atoms with E-state index in [2.05, 4.69) is 44.7 Å². The molecule has 1 aromatic carbocycles. The highest BCUT2D eigenvalue weighted by Crippen LogP contribution is 2.27. The number of hydrogen-bond acceptors (Lipinski definition) is 5. The molecule has 1 aliphatic heterocycles. The molecular formula is C22H27N5O. The van der Waals surface area contributed by atoms with Crippen LogP contribution in [0.25, 0.3) is 11.1 Å². The molecule has 146 valence electrons. The van der Waals surface area contributed by atoms with Gasteiger partial charge in [0.05, 0.1) is 19.0 Å². The smallest absolute Gasteiger partial charge is 0.123 e. The van der Waals surface area contributed by atoms with E-state index in [9.17, 15) is 0 Å². The molecule has 6 heteroatoms. The quantitative estimate of drug-likeness (QED) is 0.715. The van der Waals surface area contributed by atoms with Crippen molar-refractivity contribution in [3.63, 3.8) is 0 Å². The fraction of sp³-hybridized carbons (Fsp3) is 0.364. The highest BCUT2D eigenvalue weighted by Gasteiger charge is 2.21. The van der Waals surface area contributed by atoms with Crippen molar-refractivity contribution < 1.29 is 4.74 Å². The summed E-state index contributed by atoms with van der Waals surface area (Å²) in [6, 6.07) is 10.9. The van der Waals surface area contributed by atoms with Gasteiger partial charge < -0.3 is 15.0 Å². The van der Waals surface area contributed by atoms with Crippen LogP contribution in [0.4, 0.5) is 5.69 Å². The number of hydrogen-bond donors (Lipinski definition) is 1. The maximum absolute atomic E-state index is 5.60. The van der Waals surface area contributed by atoms with E-state index in [0.29, 0.717) is 6.04 Å². The van der Waals surface area contributed by atoms with Crippen LogP contribution in [-0.4, -0.2) is 41.0 Å². The molecule has 1 N–H and O–H groups in total. The maximum atomic E-state index is 5.60. The Balaban J connectivity index is 1.45. The van der Waals surface area contributed by atoms with Crippen LogP contribution in [0, 0.1) is 0 Å². The van der Waals surface area contributed by atoms with Crippen molar-refractivity contribution in [1.82, 2.24) is 20.1 Å². The number of anilines is 1. The summed E-state index contributed by atoms with van der Waals surface area (Å²) in [4.78, 5) is 6.53. The van der Waals surface area contributed by atoms with Gasteiger partial charge in [0, 0.05) is 56.9 Å². The van der Waals surface area contributed by atoms with Crippen molar-refractivity contribution >= 4 is 5.69 Å². The first-order valence-electron chi connectivity index (χ1n) is 9.77. The van der Waals surface area contributed by atoms with Crippen LogP contribution in [0.15, 0.2) is 55.1 Å². The summed E-state index contributed by atoms with van der Waals surface area (Å²) >= 11 is 0. The summed E-state index contributed by atoms with van der Waals surface area (Å²) in [5.41, 5.74) is 4.72. The van der Waals surface area contributed by atoms with E-state index in [1.165, 1.54) is 35.2 Å². The van der Waals surface area contributed by atoms with Crippen molar-refractivity contribution in [2.75, 3.05) is 25.1 Å². The van der Waals surface area contributed by atoms with Gasteiger partial charge in [-0.1, -0.05) is 6.07 Å². The number of aromatic nitrogens is 3. The van der Waals surface area contributed by atoms with Crippen LogP contribution in [-0.2, 0) is 13.6 Å². The van der Waals surface area contributed by atoms with E-state index in [0.717, 1.165) is 25.4 Å². The van der Waals surface area contributed by atoms with Gasteiger partial charge >= 0.3 is 0 Å². The number of ether oxygens (including phenoxy) is 1. The molecule has 0 amide bonds. The number of nitrogens with one attached hydrogen (secondary N) is 1. The molecule has 0 radical (unpaired) electrons. The van der Waals surface area contributed by atoms with Crippen LogP contribution < -0.4 is 15.0 Å². The van der Waals surface area contributed by atoms with Crippen LogP contribution in [0.2, 0.25) is 0 Å². The number of piperidine rings is 1. The molecule has 4 rings (SSSR count). The van der Waals surface area contributed by atoms with Gasteiger partial charge in [-0.05, 0) is 48.2 Å². The molecule has 1 aliphatic rings. The molecular weight excluding hydrogens is 350 g/mol. The lowest BCUT2D eigenvalue weighted by atomic mass is 10.0. The molecule has 0 saturated carbocycles. The predicted octanol–water partition coefficient (Wildman–Crippen LogP) is 3.25. The molecule has 28 heavy (non-hydrogen) atoms. The summed E-state index contributed by atoms with van der Waals surface area (Å²) in [6.07, 6.45) is 10.1. The van der Waals surface area contributed by atoms with E-state index in [1.807, 2.05) is 42.5 Å². The van der Waals surface area contributed by atoms with E-state index < -0.39 is 0 Å². The molecule has 0 bridgehead atoms. The van der Waals surface area contributed by atoms with Crippen LogP contribution in [0.3, 0.4) is 0 Å². The Kier molecular flexibility index (Phi) is 5.58. The van der Waals surface area contributed by atoms with Gasteiger partial charge in [0.1, 0.15) is 5.75 Å². The van der Waals surface area contributed by atoms with Crippen LogP contribution >= 0.6 is 0 Å². The largest absolute Gasteiger partial charge is 0.496 e. The number of pyridine rings is 1. The zero-order valence-electron chi connectivity index (χ0n) is 16.5. The van der Waals surface area contributed by atoms with Crippen LogP contribution in [0.5, 0.6) is 5.75 Å². The fourth-order valence-electron chi connectivity index (χ4n) is 3.84. The normalized spacial score (nSPS) is 16.9. The Morgan fingerprint density at radius 1 is 1.18 bits per heavy atom. The molecule has 1 unspecified atom stereocenters. The molecule has 1 saturated heterocycles. The van der Waals surface area contributed by atoms with Gasteiger partial charge in [-0.25, -0.2) is 0 Å².